The number of piperidine rings is 1. The zero-order chi connectivity index (χ0) is 14.8. The van der Waals surface area contributed by atoms with Crippen molar-refractivity contribution in [3.63, 3.8) is 0 Å². The van der Waals surface area contributed by atoms with Gasteiger partial charge in [-0.25, -0.2) is 0 Å². The maximum atomic E-state index is 11.6. The molecule has 1 saturated heterocycles. The van der Waals surface area contributed by atoms with Crippen molar-refractivity contribution in [1.82, 2.24) is 4.90 Å². The molecular formula is C16H23N3O2. The lowest BCUT2D eigenvalue weighted by molar-refractivity contribution is -0.386. The van der Waals surface area contributed by atoms with Gasteiger partial charge in [0, 0.05) is 23.7 Å². The number of hydrogen-bond acceptors (Lipinski definition) is 4. The highest BCUT2D eigenvalue weighted by molar-refractivity contribution is 5.54. The van der Waals surface area contributed by atoms with Crippen molar-refractivity contribution in [2.24, 2.45) is 5.73 Å². The van der Waals surface area contributed by atoms with E-state index >= 15 is 0 Å². The normalized spacial score (nSPS) is 22.8. The number of nitro groups is 1. The SMILES string of the molecule is NC1CCCc2c1ccc(CN1CCCCC1)c2[N+](=O)[O-]. The van der Waals surface area contributed by atoms with Crippen molar-refractivity contribution < 1.29 is 4.92 Å². The maximum absolute atomic E-state index is 11.6. The molecule has 0 radical (unpaired) electrons. The van der Waals surface area contributed by atoms with Crippen LogP contribution in [0.1, 0.15) is 54.8 Å². The van der Waals surface area contributed by atoms with E-state index in [1.54, 1.807) is 0 Å². The van der Waals surface area contributed by atoms with E-state index in [9.17, 15) is 10.1 Å². The largest absolute Gasteiger partial charge is 0.324 e. The zero-order valence-electron chi connectivity index (χ0n) is 12.4. The molecular weight excluding hydrogens is 266 g/mol. The van der Waals surface area contributed by atoms with E-state index in [0.717, 1.165) is 49.0 Å². The molecule has 1 aliphatic heterocycles. The minimum Gasteiger partial charge on any atom is -0.324 e. The summed E-state index contributed by atoms with van der Waals surface area (Å²) in [6.07, 6.45) is 6.33. The van der Waals surface area contributed by atoms with Crippen LogP contribution >= 0.6 is 0 Å². The molecule has 1 aliphatic carbocycles. The minimum atomic E-state index is -0.198. The summed E-state index contributed by atoms with van der Waals surface area (Å²) >= 11 is 0. The number of hydrogen-bond donors (Lipinski definition) is 1. The van der Waals surface area contributed by atoms with Gasteiger partial charge in [0.15, 0.2) is 0 Å². The van der Waals surface area contributed by atoms with Crippen LogP contribution in [0.2, 0.25) is 0 Å². The van der Waals surface area contributed by atoms with Gasteiger partial charge < -0.3 is 5.73 Å². The number of nitrogens with two attached hydrogens (primary N) is 1. The predicted octanol–water partition coefficient (Wildman–Crippen LogP) is 2.92. The molecule has 1 aromatic carbocycles. The first kappa shape index (κ1) is 14.5. The first-order chi connectivity index (χ1) is 10.2. The third-order valence-corrected chi connectivity index (χ3v) is 4.77. The standard InChI is InChI=1S/C16H23N3O2/c17-15-6-4-5-14-13(15)8-7-12(16(14)19(20)21)11-18-9-2-1-3-10-18/h7-8,15H,1-6,9-11,17H2. The Morgan fingerprint density at radius 3 is 2.71 bits per heavy atom. The highest BCUT2D eigenvalue weighted by Crippen LogP contribution is 2.37. The van der Waals surface area contributed by atoms with Gasteiger partial charge >= 0.3 is 0 Å². The molecule has 2 aliphatic rings. The third kappa shape index (κ3) is 2.94. The Labute approximate surface area is 125 Å². The minimum absolute atomic E-state index is 0.0449. The van der Waals surface area contributed by atoms with Crippen molar-refractivity contribution in [2.75, 3.05) is 13.1 Å². The summed E-state index contributed by atoms with van der Waals surface area (Å²) in [5.74, 6) is 0. The van der Waals surface area contributed by atoms with Crippen LogP contribution in [0.3, 0.4) is 0 Å². The molecule has 1 aromatic rings. The van der Waals surface area contributed by atoms with Crippen LogP contribution in [-0.2, 0) is 13.0 Å². The predicted molar refractivity (Wildman–Crippen MR) is 82.1 cm³/mol. The number of rotatable bonds is 3. The molecule has 1 unspecified atom stereocenters. The molecule has 2 N–H and O–H groups in total. The fraction of sp³-hybridized carbons (Fsp3) is 0.625. The molecule has 0 aromatic heterocycles. The van der Waals surface area contributed by atoms with Gasteiger partial charge in [-0.1, -0.05) is 18.6 Å². The molecule has 1 heterocycles. The Kier molecular flexibility index (Phi) is 4.22. The van der Waals surface area contributed by atoms with Crippen LogP contribution in [-0.4, -0.2) is 22.9 Å². The average molecular weight is 289 g/mol. The number of nitro benzene ring substituents is 1. The van der Waals surface area contributed by atoms with Crippen LogP contribution in [0.15, 0.2) is 12.1 Å². The number of benzene rings is 1. The van der Waals surface area contributed by atoms with Gasteiger partial charge in [0.1, 0.15) is 0 Å². The van der Waals surface area contributed by atoms with Crippen LogP contribution in [0, 0.1) is 10.1 Å². The van der Waals surface area contributed by atoms with Crippen LogP contribution in [0.5, 0.6) is 0 Å². The molecule has 1 atom stereocenters. The molecule has 0 saturated carbocycles. The van der Waals surface area contributed by atoms with Crippen molar-refractivity contribution in [3.8, 4) is 0 Å². The van der Waals surface area contributed by atoms with Gasteiger partial charge in [-0.05, 0) is 50.8 Å². The highest BCUT2D eigenvalue weighted by atomic mass is 16.6. The summed E-state index contributed by atoms with van der Waals surface area (Å²) < 4.78 is 0. The third-order valence-electron chi connectivity index (χ3n) is 4.77. The molecule has 114 valence electrons. The van der Waals surface area contributed by atoms with E-state index in [4.69, 9.17) is 5.73 Å². The quantitative estimate of drug-likeness (QED) is 0.686. The first-order valence-electron chi connectivity index (χ1n) is 7.94. The Morgan fingerprint density at radius 1 is 1.24 bits per heavy atom. The Hall–Kier alpha value is -1.46. The molecule has 5 heteroatoms. The zero-order valence-corrected chi connectivity index (χ0v) is 12.4. The Morgan fingerprint density at radius 2 is 2.00 bits per heavy atom. The van der Waals surface area contributed by atoms with E-state index in [-0.39, 0.29) is 11.0 Å². The highest BCUT2D eigenvalue weighted by Gasteiger charge is 2.28. The van der Waals surface area contributed by atoms with Gasteiger partial charge in [-0.2, -0.15) is 0 Å². The summed E-state index contributed by atoms with van der Waals surface area (Å²) in [7, 11) is 0. The summed E-state index contributed by atoms with van der Waals surface area (Å²) in [5.41, 5.74) is 9.16. The number of nitrogens with zero attached hydrogens (tertiary/aromatic N) is 2. The lowest BCUT2D eigenvalue weighted by atomic mass is 9.85. The fourth-order valence-electron chi connectivity index (χ4n) is 3.68. The lowest BCUT2D eigenvalue weighted by Gasteiger charge is -2.28. The van der Waals surface area contributed by atoms with E-state index < -0.39 is 0 Å². The van der Waals surface area contributed by atoms with E-state index in [0.29, 0.717) is 12.2 Å². The van der Waals surface area contributed by atoms with Crippen molar-refractivity contribution >= 4 is 5.69 Å². The molecule has 5 nitrogen and oxygen atoms in total. The molecule has 0 spiro atoms. The van der Waals surface area contributed by atoms with Gasteiger partial charge in [0.25, 0.3) is 5.69 Å². The van der Waals surface area contributed by atoms with Crippen LogP contribution in [0.4, 0.5) is 5.69 Å². The summed E-state index contributed by atoms with van der Waals surface area (Å²) in [6, 6.07) is 3.90. The summed E-state index contributed by atoms with van der Waals surface area (Å²) in [6.45, 7) is 2.79. The van der Waals surface area contributed by atoms with Crippen LogP contribution < -0.4 is 5.73 Å². The summed E-state index contributed by atoms with van der Waals surface area (Å²) in [5, 5.41) is 11.6. The van der Waals surface area contributed by atoms with Gasteiger partial charge in [-0.3, -0.25) is 15.0 Å². The van der Waals surface area contributed by atoms with E-state index in [1.807, 2.05) is 12.1 Å². The second-order valence-electron chi connectivity index (χ2n) is 6.23. The van der Waals surface area contributed by atoms with E-state index in [2.05, 4.69) is 4.90 Å². The van der Waals surface area contributed by atoms with Gasteiger partial charge in [0.05, 0.1) is 4.92 Å². The summed E-state index contributed by atoms with van der Waals surface area (Å²) in [4.78, 5) is 13.7. The number of likely N-dealkylation sites (tertiary alicyclic amines) is 1. The second kappa shape index (κ2) is 6.12. The molecule has 0 bridgehead atoms. The number of fused-ring (bicyclic) bond motifs is 1. The van der Waals surface area contributed by atoms with Crippen LogP contribution in [0.25, 0.3) is 0 Å². The molecule has 3 rings (SSSR count). The Bertz CT molecular complexity index is 539. The first-order valence-corrected chi connectivity index (χ1v) is 7.94. The monoisotopic (exact) mass is 289 g/mol. The average Bonchev–Trinajstić information content (AvgIpc) is 2.48. The van der Waals surface area contributed by atoms with Crippen molar-refractivity contribution in [3.05, 3.63) is 38.9 Å². The van der Waals surface area contributed by atoms with Crippen molar-refractivity contribution in [2.45, 2.75) is 51.1 Å². The maximum Gasteiger partial charge on any atom is 0.277 e. The molecule has 0 amide bonds. The van der Waals surface area contributed by atoms with Crippen molar-refractivity contribution in [1.29, 1.82) is 0 Å². The Balaban J connectivity index is 1.94. The molecule has 1 fully saturated rings. The second-order valence-corrected chi connectivity index (χ2v) is 6.23. The van der Waals surface area contributed by atoms with Gasteiger partial charge in [0.2, 0.25) is 0 Å². The smallest absolute Gasteiger partial charge is 0.277 e. The van der Waals surface area contributed by atoms with Gasteiger partial charge in [-0.15, -0.1) is 0 Å². The molecule has 21 heavy (non-hydrogen) atoms. The topological polar surface area (TPSA) is 72.4 Å². The van der Waals surface area contributed by atoms with E-state index in [1.165, 1.54) is 19.3 Å². The fourth-order valence-corrected chi connectivity index (χ4v) is 3.68. The lowest BCUT2D eigenvalue weighted by Crippen LogP contribution is -2.29.